The number of carbonyl (C=O) groups is 1. The standard InChI is InChI=1S/C10H8ClN3O2/c11-6-2-1-3-7-10(6)12-8(14-13-7)4-5-9(15)16/h1-3H,4-5H2,(H,15,16). The number of aromatic nitrogens is 3. The topological polar surface area (TPSA) is 76.0 Å². The van der Waals surface area contributed by atoms with E-state index < -0.39 is 5.97 Å². The first-order valence-electron chi connectivity index (χ1n) is 4.66. The third kappa shape index (κ3) is 2.25. The molecule has 0 saturated heterocycles. The maximum absolute atomic E-state index is 10.4. The summed E-state index contributed by atoms with van der Waals surface area (Å²) < 4.78 is 0. The largest absolute Gasteiger partial charge is 0.481 e. The smallest absolute Gasteiger partial charge is 0.303 e. The van der Waals surface area contributed by atoms with Crippen LogP contribution in [0.2, 0.25) is 5.02 Å². The van der Waals surface area contributed by atoms with Gasteiger partial charge in [-0.15, -0.1) is 10.2 Å². The minimum atomic E-state index is -0.886. The highest BCUT2D eigenvalue weighted by molar-refractivity contribution is 6.34. The maximum Gasteiger partial charge on any atom is 0.303 e. The van der Waals surface area contributed by atoms with Crippen molar-refractivity contribution in [1.82, 2.24) is 15.2 Å². The van der Waals surface area contributed by atoms with Gasteiger partial charge in [0.25, 0.3) is 0 Å². The van der Waals surface area contributed by atoms with Gasteiger partial charge in [0, 0.05) is 6.42 Å². The molecule has 0 atom stereocenters. The SMILES string of the molecule is O=C(O)CCc1nnc2cccc(Cl)c2n1. The summed E-state index contributed by atoms with van der Waals surface area (Å²) in [5.74, 6) is -0.495. The molecule has 1 heterocycles. The molecule has 0 spiro atoms. The van der Waals surface area contributed by atoms with Crippen molar-refractivity contribution in [3.8, 4) is 0 Å². The van der Waals surface area contributed by atoms with Gasteiger partial charge in [-0.25, -0.2) is 4.98 Å². The van der Waals surface area contributed by atoms with E-state index in [2.05, 4.69) is 15.2 Å². The van der Waals surface area contributed by atoms with Crippen LogP contribution < -0.4 is 0 Å². The molecule has 2 rings (SSSR count). The third-order valence-electron chi connectivity index (χ3n) is 2.04. The number of halogens is 1. The number of hydrogen-bond acceptors (Lipinski definition) is 4. The summed E-state index contributed by atoms with van der Waals surface area (Å²) in [6.07, 6.45) is 0.237. The van der Waals surface area contributed by atoms with Crippen molar-refractivity contribution >= 4 is 28.6 Å². The highest BCUT2D eigenvalue weighted by atomic mass is 35.5. The molecule has 0 aliphatic heterocycles. The van der Waals surface area contributed by atoms with E-state index >= 15 is 0 Å². The van der Waals surface area contributed by atoms with E-state index in [1.54, 1.807) is 18.2 Å². The first-order valence-corrected chi connectivity index (χ1v) is 5.04. The van der Waals surface area contributed by atoms with Gasteiger partial charge in [0.2, 0.25) is 0 Å². The van der Waals surface area contributed by atoms with E-state index in [-0.39, 0.29) is 12.8 Å². The van der Waals surface area contributed by atoms with Crippen LogP contribution in [-0.2, 0) is 11.2 Å². The van der Waals surface area contributed by atoms with Crippen LogP contribution in [-0.4, -0.2) is 26.3 Å². The van der Waals surface area contributed by atoms with E-state index in [4.69, 9.17) is 16.7 Å². The predicted octanol–water partition coefficient (Wildman–Crippen LogP) is 1.70. The summed E-state index contributed by atoms with van der Waals surface area (Å²) in [6.45, 7) is 0. The molecule has 1 aromatic carbocycles. The Hall–Kier alpha value is -1.75. The lowest BCUT2D eigenvalue weighted by molar-refractivity contribution is -0.137. The quantitative estimate of drug-likeness (QED) is 0.879. The molecule has 82 valence electrons. The average molecular weight is 238 g/mol. The number of aryl methyl sites for hydroxylation is 1. The molecule has 0 saturated carbocycles. The summed E-state index contributed by atoms with van der Waals surface area (Å²) in [6, 6.07) is 5.22. The van der Waals surface area contributed by atoms with Crippen molar-refractivity contribution in [2.24, 2.45) is 0 Å². The number of hydrogen-bond donors (Lipinski definition) is 1. The molecule has 0 aliphatic carbocycles. The molecule has 0 aliphatic rings. The number of fused-ring (bicyclic) bond motifs is 1. The summed E-state index contributed by atoms with van der Waals surface area (Å²) in [4.78, 5) is 14.6. The normalized spacial score (nSPS) is 10.6. The molecule has 1 aromatic heterocycles. The van der Waals surface area contributed by atoms with Crippen LogP contribution in [0.3, 0.4) is 0 Å². The molecule has 0 unspecified atom stereocenters. The summed E-state index contributed by atoms with van der Waals surface area (Å²) in [5, 5.41) is 16.8. The van der Waals surface area contributed by atoms with Gasteiger partial charge in [0.05, 0.1) is 11.4 Å². The number of aliphatic carboxylic acids is 1. The molecule has 6 heteroatoms. The van der Waals surface area contributed by atoms with Crippen molar-refractivity contribution in [3.05, 3.63) is 29.0 Å². The molecule has 16 heavy (non-hydrogen) atoms. The number of carboxylic acid groups (broad SMARTS) is 1. The Morgan fingerprint density at radius 1 is 1.38 bits per heavy atom. The zero-order valence-corrected chi connectivity index (χ0v) is 8.98. The van der Waals surface area contributed by atoms with Gasteiger partial charge in [0.1, 0.15) is 11.0 Å². The van der Waals surface area contributed by atoms with E-state index in [0.717, 1.165) is 0 Å². The second-order valence-corrected chi connectivity index (χ2v) is 3.64. The Bertz CT molecular complexity index is 545. The molecular formula is C10H8ClN3O2. The number of rotatable bonds is 3. The Kier molecular flexibility index (Phi) is 2.96. The van der Waals surface area contributed by atoms with E-state index in [1.165, 1.54) is 0 Å². The first kappa shape index (κ1) is 10.8. The second-order valence-electron chi connectivity index (χ2n) is 3.23. The minimum absolute atomic E-state index is 0.0162. The monoisotopic (exact) mass is 237 g/mol. The third-order valence-corrected chi connectivity index (χ3v) is 2.35. The van der Waals surface area contributed by atoms with Crippen LogP contribution in [0.4, 0.5) is 0 Å². The zero-order chi connectivity index (χ0) is 11.5. The van der Waals surface area contributed by atoms with Crippen LogP contribution in [0.5, 0.6) is 0 Å². The fourth-order valence-corrected chi connectivity index (χ4v) is 1.49. The Morgan fingerprint density at radius 3 is 2.94 bits per heavy atom. The maximum atomic E-state index is 10.4. The number of carboxylic acids is 1. The summed E-state index contributed by atoms with van der Waals surface area (Å²) >= 11 is 5.95. The summed E-state index contributed by atoms with van der Waals surface area (Å²) in [7, 11) is 0. The molecule has 2 aromatic rings. The average Bonchev–Trinajstić information content (AvgIpc) is 2.27. The van der Waals surface area contributed by atoms with Crippen molar-refractivity contribution in [2.75, 3.05) is 0 Å². The highest BCUT2D eigenvalue weighted by Gasteiger charge is 2.06. The molecular weight excluding hydrogens is 230 g/mol. The summed E-state index contributed by atoms with van der Waals surface area (Å²) in [5.41, 5.74) is 1.16. The number of para-hydroxylation sites is 1. The van der Waals surface area contributed by atoms with Crippen LogP contribution in [0.25, 0.3) is 11.0 Å². The van der Waals surface area contributed by atoms with Crippen LogP contribution in [0.15, 0.2) is 18.2 Å². The van der Waals surface area contributed by atoms with Crippen molar-refractivity contribution in [2.45, 2.75) is 12.8 Å². The van der Waals surface area contributed by atoms with Gasteiger partial charge < -0.3 is 5.11 Å². The van der Waals surface area contributed by atoms with E-state index in [1.807, 2.05) is 0 Å². The van der Waals surface area contributed by atoms with Gasteiger partial charge in [-0.2, -0.15) is 0 Å². The lowest BCUT2D eigenvalue weighted by Crippen LogP contribution is -2.03. The van der Waals surface area contributed by atoms with Gasteiger partial charge in [-0.1, -0.05) is 17.7 Å². The van der Waals surface area contributed by atoms with Gasteiger partial charge >= 0.3 is 5.97 Å². The predicted molar refractivity (Wildman–Crippen MR) is 58.3 cm³/mol. The second kappa shape index (κ2) is 4.40. The van der Waals surface area contributed by atoms with Crippen molar-refractivity contribution in [3.63, 3.8) is 0 Å². The molecule has 0 radical (unpaired) electrons. The Morgan fingerprint density at radius 2 is 2.19 bits per heavy atom. The molecule has 0 amide bonds. The first-order chi connectivity index (χ1) is 7.66. The number of nitrogens with zero attached hydrogens (tertiary/aromatic N) is 3. The fraction of sp³-hybridized carbons (Fsp3) is 0.200. The zero-order valence-electron chi connectivity index (χ0n) is 8.22. The van der Waals surface area contributed by atoms with Crippen LogP contribution in [0.1, 0.15) is 12.2 Å². The van der Waals surface area contributed by atoms with Gasteiger partial charge in [-0.3, -0.25) is 4.79 Å². The lowest BCUT2D eigenvalue weighted by Gasteiger charge is -2.00. The lowest BCUT2D eigenvalue weighted by atomic mass is 10.3. The molecule has 0 fully saturated rings. The fourth-order valence-electron chi connectivity index (χ4n) is 1.28. The molecule has 5 nitrogen and oxygen atoms in total. The Labute approximate surface area is 96.1 Å². The minimum Gasteiger partial charge on any atom is -0.481 e. The molecule has 1 N–H and O–H groups in total. The molecule has 0 bridgehead atoms. The van der Waals surface area contributed by atoms with Crippen molar-refractivity contribution in [1.29, 1.82) is 0 Å². The van der Waals surface area contributed by atoms with Crippen LogP contribution in [0, 0.1) is 0 Å². The Balaban J connectivity index is 2.35. The van der Waals surface area contributed by atoms with Gasteiger partial charge in [-0.05, 0) is 12.1 Å². The van der Waals surface area contributed by atoms with E-state index in [0.29, 0.717) is 21.9 Å². The van der Waals surface area contributed by atoms with E-state index in [9.17, 15) is 4.79 Å². The van der Waals surface area contributed by atoms with Crippen LogP contribution >= 0.6 is 11.6 Å². The van der Waals surface area contributed by atoms with Crippen molar-refractivity contribution < 1.29 is 9.90 Å². The number of benzene rings is 1. The highest BCUT2D eigenvalue weighted by Crippen LogP contribution is 2.18. The van der Waals surface area contributed by atoms with Gasteiger partial charge in [0.15, 0.2) is 5.82 Å².